The molecule has 0 aromatic rings. The fourth-order valence-corrected chi connectivity index (χ4v) is 8.21. The van der Waals surface area contributed by atoms with Crippen LogP contribution in [-0.2, 0) is 19.1 Å². The highest BCUT2D eigenvalue weighted by Gasteiger charge is 2.65. The lowest BCUT2D eigenvalue weighted by molar-refractivity contribution is -0.150. The number of carbonyl (C=O) groups excluding carboxylic acids is 3. The van der Waals surface area contributed by atoms with E-state index >= 15 is 0 Å². The van der Waals surface area contributed by atoms with Crippen LogP contribution in [0.1, 0.15) is 34.1 Å². The Morgan fingerprint density at radius 2 is 1.74 bits per heavy atom. The van der Waals surface area contributed by atoms with E-state index in [1.807, 2.05) is 20.8 Å². The number of rotatable bonds is 6. The zero-order chi connectivity index (χ0) is 14.7. The molecule has 0 aliphatic carbocycles. The van der Waals surface area contributed by atoms with Crippen LogP contribution in [0.25, 0.3) is 0 Å². The van der Waals surface area contributed by atoms with E-state index in [1.165, 1.54) is 0 Å². The van der Waals surface area contributed by atoms with Crippen LogP contribution in [-0.4, -0.2) is 32.5 Å². The average molecular weight is 285 g/mol. The summed E-state index contributed by atoms with van der Waals surface area (Å²) < 4.78 is 5.14. The minimum atomic E-state index is -2.25. The molecule has 1 fully saturated rings. The summed E-state index contributed by atoms with van der Waals surface area (Å²) in [5.41, 5.74) is 0. The number of ether oxygens (including phenoxy) is 1. The highest BCUT2D eigenvalue weighted by molar-refractivity contribution is 6.89. The van der Waals surface area contributed by atoms with E-state index in [0.717, 1.165) is 18.1 Å². The highest BCUT2D eigenvalue weighted by Crippen LogP contribution is 2.51. The summed E-state index contributed by atoms with van der Waals surface area (Å²) >= 11 is 0. The fraction of sp³-hybridized carbons (Fsp3) is 0.769. The molecule has 1 N–H and O–H groups in total. The smallest absolute Gasteiger partial charge is 0.319 e. The van der Waals surface area contributed by atoms with Crippen molar-refractivity contribution in [1.29, 1.82) is 0 Å². The zero-order valence-corrected chi connectivity index (χ0v) is 13.2. The molecule has 0 saturated carbocycles. The normalized spacial score (nSPS) is 23.4. The number of hydrogen-bond acceptors (Lipinski definition) is 4. The molecule has 6 heteroatoms. The third-order valence-electron chi connectivity index (χ3n) is 4.63. The predicted molar refractivity (Wildman–Crippen MR) is 74.3 cm³/mol. The first-order valence-electron chi connectivity index (χ1n) is 6.95. The number of hydrogen-bond donors (Lipinski definition) is 1. The minimum Gasteiger partial charge on any atom is -0.465 e. The van der Waals surface area contributed by atoms with Gasteiger partial charge in [0.2, 0.25) is 11.8 Å². The van der Waals surface area contributed by atoms with Gasteiger partial charge in [0.1, 0.15) is 5.04 Å². The first kappa shape index (κ1) is 15.9. The van der Waals surface area contributed by atoms with E-state index in [9.17, 15) is 14.4 Å². The summed E-state index contributed by atoms with van der Waals surface area (Å²) in [6, 6.07) is 2.37. The summed E-state index contributed by atoms with van der Waals surface area (Å²) in [6.07, 6.45) is -0.0353. The van der Waals surface area contributed by atoms with Crippen LogP contribution in [0.5, 0.6) is 0 Å². The molecular formula is C13H23NO4Si. The molecular weight excluding hydrogens is 262 g/mol. The van der Waals surface area contributed by atoms with Gasteiger partial charge in [0.25, 0.3) is 0 Å². The van der Waals surface area contributed by atoms with Crippen LogP contribution in [0.15, 0.2) is 0 Å². The van der Waals surface area contributed by atoms with E-state index in [1.54, 1.807) is 6.92 Å². The number of carbonyl (C=O) groups is 3. The molecule has 1 rings (SSSR count). The second kappa shape index (κ2) is 5.86. The largest absolute Gasteiger partial charge is 0.465 e. The standard InChI is InChI=1S/C13H23NO4Si/c1-5-18-12(17)13(9-10(15)14-11(13)16)19(6-2,7-3)8-4/h5-9H2,1-4H3,(H,14,15,16). The van der Waals surface area contributed by atoms with Gasteiger partial charge in [-0.05, 0) is 6.92 Å². The van der Waals surface area contributed by atoms with Crippen LogP contribution >= 0.6 is 0 Å². The second-order valence-corrected chi connectivity index (χ2v) is 10.6. The molecule has 1 heterocycles. The average Bonchev–Trinajstić information content (AvgIpc) is 2.69. The SMILES string of the molecule is CCOC(=O)C1([Si](CC)(CC)CC)CC(=O)NC1=O. The van der Waals surface area contributed by atoms with Gasteiger partial charge in [0.05, 0.1) is 14.7 Å². The third-order valence-corrected chi connectivity index (χ3v) is 11.1. The van der Waals surface area contributed by atoms with Crippen molar-refractivity contribution in [2.75, 3.05) is 6.61 Å². The highest BCUT2D eigenvalue weighted by atomic mass is 28.3. The van der Waals surface area contributed by atoms with E-state index in [4.69, 9.17) is 4.74 Å². The van der Waals surface area contributed by atoms with Crippen LogP contribution < -0.4 is 5.32 Å². The maximum absolute atomic E-state index is 12.4. The molecule has 0 aromatic carbocycles. The molecule has 1 unspecified atom stereocenters. The number of nitrogens with one attached hydrogen (secondary N) is 1. The van der Waals surface area contributed by atoms with Crippen molar-refractivity contribution < 1.29 is 19.1 Å². The second-order valence-electron chi connectivity index (χ2n) is 5.02. The van der Waals surface area contributed by atoms with Gasteiger partial charge in [0.15, 0.2) is 0 Å². The van der Waals surface area contributed by atoms with Crippen LogP contribution in [0.2, 0.25) is 23.2 Å². The van der Waals surface area contributed by atoms with Gasteiger partial charge in [-0.2, -0.15) is 0 Å². The Morgan fingerprint density at radius 1 is 1.21 bits per heavy atom. The van der Waals surface area contributed by atoms with E-state index in [0.29, 0.717) is 0 Å². The quantitative estimate of drug-likeness (QED) is 0.350. The summed E-state index contributed by atoms with van der Waals surface area (Å²) in [4.78, 5) is 36.4. The minimum absolute atomic E-state index is 0.0353. The Hall–Kier alpha value is -1.17. The molecule has 0 aromatic heterocycles. The molecule has 19 heavy (non-hydrogen) atoms. The van der Waals surface area contributed by atoms with E-state index in [2.05, 4.69) is 5.32 Å². The Balaban J connectivity index is 3.38. The van der Waals surface area contributed by atoms with Gasteiger partial charge in [-0.25, -0.2) is 0 Å². The third kappa shape index (κ3) is 2.22. The Kier molecular flexibility index (Phi) is 4.90. The molecule has 108 valence electrons. The van der Waals surface area contributed by atoms with E-state index < -0.39 is 25.0 Å². The summed E-state index contributed by atoms with van der Waals surface area (Å²) in [6.45, 7) is 7.97. The Bertz CT molecular complexity index is 384. The Morgan fingerprint density at radius 3 is 2.05 bits per heavy atom. The topological polar surface area (TPSA) is 72.5 Å². The predicted octanol–water partition coefficient (Wildman–Crippen LogP) is 1.84. The first-order chi connectivity index (χ1) is 8.94. The van der Waals surface area contributed by atoms with Gasteiger partial charge >= 0.3 is 5.97 Å². The molecule has 1 aliphatic rings. The molecule has 1 aliphatic heterocycles. The molecule has 5 nitrogen and oxygen atoms in total. The summed E-state index contributed by atoms with van der Waals surface area (Å²) in [5.74, 6) is -1.30. The fourth-order valence-electron chi connectivity index (χ4n) is 3.32. The molecule has 1 saturated heterocycles. The lowest BCUT2D eigenvalue weighted by Crippen LogP contribution is -2.55. The van der Waals surface area contributed by atoms with Gasteiger partial charge in [-0.1, -0.05) is 38.9 Å². The molecule has 0 radical (unpaired) electrons. The lowest BCUT2D eigenvalue weighted by atomic mass is 10.1. The Labute approximate surface area is 115 Å². The van der Waals surface area contributed by atoms with E-state index in [-0.39, 0.29) is 18.9 Å². The van der Waals surface area contributed by atoms with Crippen molar-refractivity contribution in [3.05, 3.63) is 0 Å². The maximum Gasteiger partial charge on any atom is 0.319 e. The number of amides is 2. The van der Waals surface area contributed by atoms with Crippen molar-refractivity contribution in [1.82, 2.24) is 5.32 Å². The monoisotopic (exact) mass is 285 g/mol. The first-order valence-corrected chi connectivity index (χ1v) is 9.57. The summed E-state index contributed by atoms with van der Waals surface area (Å²) in [5, 5.41) is 1.09. The van der Waals surface area contributed by atoms with Gasteiger partial charge in [-0.15, -0.1) is 0 Å². The van der Waals surface area contributed by atoms with Crippen LogP contribution in [0.3, 0.4) is 0 Å². The van der Waals surface area contributed by atoms with Gasteiger partial charge in [-0.3, -0.25) is 19.7 Å². The molecule has 0 spiro atoms. The number of esters is 1. The molecule has 1 atom stereocenters. The van der Waals surface area contributed by atoms with Crippen molar-refractivity contribution >= 4 is 25.9 Å². The van der Waals surface area contributed by atoms with Crippen LogP contribution in [0.4, 0.5) is 0 Å². The maximum atomic E-state index is 12.4. The zero-order valence-electron chi connectivity index (χ0n) is 12.2. The molecule has 2 amide bonds. The van der Waals surface area contributed by atoms with Crippen LogP contribution in [0, 0.1) is 0 Å². The lowest BCUT2D eigenvalue weighted by Gasteiger charge is -2.41. The number of imide groups is 1. The molecule has 0 bridgehead atoms. The van der Waals surface area contributed by atoms with Crippen molar-refractivity contribution in [3.63, 3.8) is 0 Å². The van der Waals surface area contributed by atoms with Crippen molar-refractivity contribution in [2.45, 2.75) is 57.3 Å². The van der Waals surface area contributed by atoms with Crippen molar-refractivity contribution in [3.8, 4) is 0 Å². The summed E-state index contributed by atoms with van der Waals surface area (Å²) in [7, 11) is -2.25. The van der Waals surface area contributed by atoms with Gasteiger partial charge in [0, 0.05) is 6.42 Å². The van der Waals surface area contributed by atoms with Crippen molar-refractivity contribution in [2.24, 2.45) is 0 Å². The van der Waals surface area contributed by atoms with Gasteiger partial charge < -0.3 is 4.74 Å².